The maximum Gasteiger partial charge on any atom is 0.120 e. The maximum atomic E-state index is 4.41. The summed E-state index contributed by atoms with van der Waals surface area (Å²) < 4.78 is 0. The molecule has 2 aromatic heterocycles. The first-order valence-electron chi connectivity index (χ1n) is 5.43. The number of thiazole rings is 1. The van der Waals surface area contributed by atoms with E-state index in [1.165, 1.54) is 4.88 Å². The second-order valence-electron chi connectivity index (χ2n) is 3.69. The molecule has 1 unspecified atom stereocenters. The molecule has 1 atom stereocenters. The van der Waals surface area contributed by atoms with Gasteiger partial charge in [0.25, 0.3) is 0 Å². The van der Waals surface area contributed by atoms with Crippen LogP contribution in [-0.2, 0) is 6.54 Å². The van der Waals surface area contributed by atoms with Crippen molar-refractivity contribution in [1.29, 1.82) is 0 Å². The molecule has 0 fully saturated rings. The Kier molecular flexibility index (Phi) is 3.69. The van der Waals surface area contributed by atoms with Gasteiger partial charge in [0.15, 0.2) is 0 Å². The Hall–Kier alpha value is -1.20. The van der Waals surface area contributed by atoms with Crippen molar-refractivity contribution in [1.82, 2.24) is 20.3 Å². The molecule has 0 aliphatic rings. The average molecular weight is 236 g/mol. The molecule has 0 spiro atoms. The van der Waals surface area contributed by atoms with Crippen LogP contribution in [0.15, 0.2) is 18.6 Å². The summed E-state index contributed by atoms with van der Waals surface area (Å²) in [6, 6.07) is 0.323. The van der Waals surface area contributed by atoms with E-state index in [4.69, 9.17) is 0 Å². The van der Waals surface area contributed by atoms with Gasteiger partial charge in [0.1, 0.15) is 10.8 Å². The number of rotatable bonds is 5. The summed E-state index contributed by atoms with van der Waals surface area (Å²) in [7, 11) is 0. The van der Waals surface area contributed by atoms with Crippen molar-refractivity contribution in [2.24, 2.45) is 0 Å². The van der Waals surface area contributed by atoms with Gasteiger partial charge in [0, 0.05) is 23.5 Å². The number of H-pyrrole nitrogens is 1. The zero-order chi connectivity index (χ0) is 11.4. The monoisotopic (exact) mass is 236 g/mol. The molecule has 0 aromatic carbocycles. The summed E-state index contributed by atoms with van der Waals surface area (Å²) in [5, 5.41) is 4.61. The predicted octanol–water partition coefficient (Wildman–Crippen LogP) is 2.42. The summed E-state index contributed by atoms with van der Waals surface area (Å²) in [6.45, 7) is 5.00. The molecule has 4 nitrogen and oxygen atoms in total. The largest absolute Gasteiger partial charge is 0.348 e. The second-order valence-corrected chi connectivity index (χ2v) is 4.95. The predicted molar refractivity (Wildman–Crippen MR) is 65.3 cm³/mol. The number of nitrogens with one attached hydrogen (secondary N) is 2. The molecule has 2 heterocycles. The molecule has 0 aliphatic heterocycles. The number of nitrogens with zero attached hydrogens (tertiary/aromatic N) is 2. The lowest BCUT2D eigenvalue weighted by atomic mass is 10.2. The normalized spacial score (nSPS) is 12.9. The summed E-state index contributed by atoms with van der Waals surface area (Å²) in [4.78, 5) is 12.9. The van der Waals surface area contributed by atoms with Crippen LogP contribution in [0.4, 0.5) is 0 Å². The zero-order valence-electron chi connectivity index (χ0n) is 9.53. The van der Waals surface area contributed by atoms with Crippen LogP contribution in [0.2, 0.25) is 0 Å². The van der Waals surface area contributed by atoms with E-state index >= 15 is 0 Å². The smallest absolute Gasteiger partial charge is 0.120 e. The summed E-state index contributed by atoms with van der Waals surface area (Å²) in [5.41, 5.74) is 0. The Balaban J connectivity index is 1.96. The van der Waals surface area contributed by atoms with Gasteiger partial charge >= 0.3 is 0 Å². The highest BCUT2D eigenvalue weighted by Crippen LogP contribution is 2.22. The van der Waals surface area contributed by atoms with E-state index in [0.717, 1.165) is 23.8 Å². The van der Waals surface area contributed by atoms with Crippen LogP contribution < -0.4 is 5.32 Å². The van der Waals surface area contributed by atoms with Gasteiger partial charge in [-0.2, -0.15) is 0 Å². The number of imidazole rings is 1. The van der Waals surface area contributed by atoms with Crippen molar-refractivity contribution >= 4 is 11.3 Å². The van der Waals surface area contributed by atoms with Crippen molar-refractivity contribution in [3.63, 3.8) is 0 Å². The Labute approximate surface area is 99.2 Å². The van der Waals surface area contributed by atoms with Crippen LogP contribution in [0.25, 0.3) is 0 Å². The third-order valence-electron chi connectivity index (χ3n) is 2.42. The lowest BCUT2D eigenvalue weighted by Crippen LogP contribution is -2.20. The molecule has 5 heteroatoms. The first-order valence-corrected chi connectivity index (χ1v) is 6.25. The van der Waals surface area contributed by atoms with Gasteiger partial charge in [-0.25, -0.2) is 9.97 Å². The van der Waals surface area contributed by atoms with Crippen molar-refractivity contribution < 1.29 is 0 Å². The molecule has 2 aromatic rings. The molecule has 2 rings (SSSR count). The lowest BCUT2D eigenvalue weighted by molar-refractivity contribution is 0.508. The molecule has 2 N–H and O–H groups in total. The number of hydrogen-bond acceptors (Lipinski definition) is 4. The zero-order valence-corrected chi connectivity index (χ0v) is 10.3. The van der Waals surface area contributed by atoms with Gasteiger partial charge in [-0.15, -0.1) is 11.3 Å². The molecular formula is C11H16N4S. The minimum Gasteiger partial charge on any atom is -0.348 e. The topological polar surface area (TPSA) is 53.6 Å². The number of aryl methyl sites for hydroxylation is 1. The molecule has 0 radical (unpaired) electrons. The van der Waals surface area contributed by atoms with Gasteiger partial charge in [0.05, 0.1) is 12.6 Å². The van der Waals surface area contributed by atoms with Crippen LogP contribution in [0, 0.1) is 6.92 Å². The van der Waals surface area contributed by atoms with Crippen LogP contribution >= 0.6 is 11.3 Å². The van der Waals surface area contributed by atoms with Crippen LogP contribution in [0.3, 0.4) is 0 Å². The molecule has 16 heavy (non-hydrogen) atoms. The first-order chi connectivity index (χ1) is 7.79. The molecule has 0 bridgehead atoms. The van der Waals surface area contributed by atoms with Gasteiger partial charge < -0.3 is 10.3 Å². The summed E-state index contributed by atoms with van der Waals surface area (Å²) in [6.07, 6.45) is 6.57. The van der Waals surface area contributed by atoms with Gasteiger partial charge in [0.2, 0.25) is 0 Å². The van der Waals surface area contributed by atoms with Crippen LogP contribution in [0.1, 0.15) is 35.1 Å². The van der Waals surface area contributed by atoms with Crippen molar-refractivity contribution in [2.45, 2.75) is 32.9 Å². The van der Waals surface area contributed by atoms with E-state index in [9.17, 15) is 0 Å². The van der Waals surface area contributed by atoms with Gasteiger partial charge in [-0.3, -0.25) is 0 Å². The number of aromatic amines is 1. The van der Waals surface area contributed by atoms with E-state index in [2.05, 4.69) is 34.1 Å². The summed E-state index contributed by atoms with van der Waals surface area (Å²) >= 11 is 1.75. The molecule has 0 saturated carbocycles. The standard InChI is InChI=1S/C11H16N4S/c1-3-9(11-15-6-8(2)16-11)14-7-10-12-4-5-13-10/h4-6,9,14H,3,7H2,1-2H3,(H,12,13). The maximum absolute atomic E-state index is 4.41. The molecule has 0 saturated heterocycles. The lowest BCUT2D eigenvalue weighted by Gasteiger charge is -2.12. The Morgan fingerprint density at radius 2 is 2.38 bits per heavy atom. The molecule has 0 amide bonds. The van der Waals surface area contributed by atoms with E-state index in [0.29, 0.717) is 6.04 Å². The van der Waals surface area contributed by atoms with Crippen molar-refractivity contribution in [2.75, 3.05) is 0 Å². The number of hydrogen-bond donors (Lipinski definition) is 2. The quantitative estimate of drug-likeness (QED) is 0.838. The van der Waals surface area contributed by atoms with E-state index in [1.54, 1.807) is 17.5 Å². The highest BCUT2D eigenvalue weighted by Gasteiger charge is 2.12. The highest BCUT2D eigenvalue weighted by molar-refractivity contribution is 7.11. The van der Waals surface area contributed by atoms with Gasteiger partial charge in [-0.05, 0) is 13.3 Å². The van der Waals surface area contributed by atoms with Crippen LogP contribution in [-0.4, -0.2) is 15.0 Å². The van der Waals surface area contributed by atoms with Crippen molar-refractivity contribution in [3.8, 4) is 0 Å². The Morgan fingerprint density at radius 3 is 2.94 bits per heavy atom. The number of aromatic nitrogens is 3. The van der Waals surface area contributed by atoms with Gasteiger partial charge in [-0.1, -0.05) is 6.92 Å². The molecule has 0 aliphatic carbocycles. The first kappa shape index (κ1) is 11.3. The SMILES string of the molecule is CCC(NCc1ncc[nH]1)c1ncc(C)s1. The fourth-order valence-corrected chi connectivity index (χ4v) is 2.49. The third-order valence-corrected chi connectivity index (χ3v) is 3.44. The minimum absolute atomic E-state index is 0.323. The van der Waals surface area contributed by atoms with E-state index in [1.807, 2.05) is 12.4 Å². The average Bonchev–Trinajstić information content (AvgIpc) is 2.91. The fourth-order valence-electron chi connectivity index (χ4n) is 1.55. The molecular weight excluding hydrogens is 220 g/mol. The Bertz CT molecular complexity index is 421. The van der Waals surface area contributed by atoms with E-state index in [-0.39, 0.29) is 0 Å². The third kappa shape index (κ3) is 2.68. The highest BCUT2D eigenvalue weighted by atomic mass is 32.1. The van der Waals surface area contributed by atoms with E-state index < -0.39 is 0 Å². The molecule has 86 valence electrons. The minimum atomic E-state index is 0.323. The Morgan fingerprint density at radius 1 is 1.50 bits per heavy atom. The second kappa shape index (κ2) is 5.23. The van der Waals surface area contributed by atoms with Crippen LogP contribution in [0.5, 0.6) is 0 Å². The summed E-state index contributed by atoms with van der Waals surface area (Å²) in [5.74, 6) is 0.965. The fraction of sp³-hybridized carbons (Fsp3) is 0.455. The van der Waals surface area contributed by atoms with Crippen molar-refractivity contribution in [3.05, 3.63) is 34.3 Å².